The second-order valence-electron chi connectivity index (χ2n) is 6.15. The van der Waals surface area contributed by atoms with Crippen LogP contribution in [0.3, 0.4) is 0 Å². The van der Waals surface area contributed by atoms with Crippen molar-refractivity contribution in [1.82, 2.24) is 24.9 Å². The van der Waals surface area contributed by atoms with Crippen LogP contribution in [0.15, 0.2) is 24.3 Å². The van der Waals surface area contributed by atoms with Crippen molar-refractivity contribution in [2.24, 2.45) is 0 Å². The predicted molar refractivity (Wildman–Crippen MR) is 97.4 cm³/mol. The van der Waals surface area contributed by atoms with Crippen LogP contribution < -0.4 is 11.1 Å². The zero-order valence-corrected chi connectivity index (χ0v) is 15.1. The lowest BCUT2D eigenvalue weighted by atomic mass is 10.1. The van der Waals surface area contributed by atoms with E-state index in [1.54, 1.807) is 11.6 Å². The van der Waals surface area contributed by atoms with Crippen LogP contribution in [0.1, 0.15) is 28.1 Å². The van der Waals surface area contributed by atoms with Crippen LogP contribution in [0, 0.1) is 13.8 Å². The van der Waals surface area contributed by atoms with Crippen LogP contribution in [0.2, 0.25) is 0 Å². The van der Waals surface area contributed by atoms with Crippen LogP contribution in [-0.2, 0) is 29.1 Å². The first-order chi connectivity index (χ1) is 12.5. The first-order valence-electron chi connectivity index (χ1n) is 8.29. The number of aryl methyl sites for hydroxylation is 2. The average Bonchev–Trinajstić information content (AvgIpc) is 2.98. The summed E-state index contributed by atoms with van der Waals surface area (Å²) in [5, 5.41) is 7.06. The molecule has 2 aromatic heterocycles. The maximum Gasteiger partial charge on any atom is 0.254 e. The number of nitrogens with one attached hydrogen (secondary N) is 1. The number of benzene rings is 1. The molecule has 3 N–H and O–H groups in total. The summed E-state index contributed by atoms with van der Waals surface area (Å²) in [5.74, 6) is 0.530. The topological polar surface area (TPSA) is 107 Å². The van der Waals surface area contributed by atoms with Gasteiger partial charge in [0.25, 0.3) is 5.78 Å². The van der Waals surface area contributed by atoms with Crippen LogP contribution in [0.25, 0.3) is 5.78 Å². The first-order valence-corrected chi connectivity index (χ1v) is 8.29. The molecule has 0 aliphatic rings. The molecule has 26 heavy (non-hydrogen) atoms. The third kappa shape index (κ3) is 3.80. The highest BCUT2D eigenvalue weighted by atomic mass is 16.5. The third-order valence-electron chi connectivity index (χ3n) is 4.23. The minimum Gasteiger partial charge on any atom is -0.380 e. The molecule has 0 saturated carbocycles. The van der Waals surface area contributed by atoms with E-state index in [0.717, 1.165) is 28.1 Å². The minimum atomic E-state index is -0.0774. The van der Waals surface area contributed by atoms with E-state index >= 15 is 0 Å². The fourth-order valence-corrected chi connectivity index (χ4v) is 2.82. The quantitative estimate of drug-likeness (QED) is 0.691. The normalized spacial score (nSPS) is 11.0. The lowest BCUT2D eigenvalue weighted by Crippen LogP contribution is -2.25. The summed E-state index contributed by atoms with van der Waals surface area (Å²) in [6, 6.07) is 7.95. The molecule has 0 radical (unpaired) electrons. The molecule has 3 aromatic rings. The molecule has 0 atom stereocenters. The number of fused-ring (bicyclic) bond motifs is 1. The molecule has 0 spiro atoms. The number of hydrogen-bond donors (Lipinski definition) is 2. The smallest absolute Gasteiger partial charge is 0.254 e. The van der Waals surface area contributed by atoms with Gasteiger partial charge in [-0.1, -0.05) is 24.3 Å². The molecule has 8 heteroatoms. The first kappa shape index (κ1) is 17.8. The van der Waals surface area contributed by atoms with Crippen LogP contribution in [0.4, 0.5) is 5.95 Å². The summed E-state index contributed by atoms with van der Waals surface area (Å²) in [5.41, 5.74) is 10.2. The maximum atomic E-state index is 12.4. The van der Waals surface area contributed by atoms with Gasteiger partial charge < -0.3 is 15.8 Å². The van der Waals surface area contributed by atoms with E-state index in [-0.39, 0.29) is 18.3 Å². The van der Waals surface area contributed by atoms with Crippen molar-refractivity contribution in [1.29, 1.82) is 0 Å². The highest BCUT2D eigenvalue weighted by Gasteiger charge is 2.15. The van der Waals surface area contributed by atoms with Crippen molar-refractivity contribution in [3.8, 4) is 0 Å². The van der Waals surface area contributed by atoms with Gasteiger partial charge >= 0.3 is 0 Å². The van der Waals surface area contributed by atoms with E-state index in [1.807, 2.05) is 38.1 Å². The maximum absolute atomic E-state index is 12.4. The van der Waals surface area contributed by atoms with Gasteiger partial charge in [0.2, 0.25) is 11.9 Å². The van der Waals surface area contributed by atoms with Gasteiger partial charge in [0.15, 0.2) is 0 Å². The number of rotatable bonds is 6. The highest BCUT2D eigenvalue weighted by molar-refractivity contribution is 5.79. The van der Waals surface area contributed by atoms with Gasteiger partial charge in [-0.25, -0.2) is 4.98 Å². The minimum absolute atomic E-state index is 0.0774. The number of anilines is 1. The molecule has 136 valence electrons. The van der Waals surface area contributed by atoms with E-state index in [9.17, 15) is 4.79 Å². The Morgan fingerprint density at radius 3 is 2.58 bits per heavy atom. The summed E-state index contributed by atoms with van der Waals surface area (Å²) in [7, 11) is 1.66. The Labute approximate surface area is 151 Å². The SMILES string of the molecule is COCc1ccc(CNC(=O)Cc2c(C)nc3nc(N)nn3c2C)cc1. The van der Waals surface area contributed by atoms with Crippen molar-refractivity contribution in [3.05, 3.63) is 52.3 Å². The van der Waals surface area contributed by atoms with Crippen molar-refractivity contribution < 1.29 is 9.53 Å². The molecule has 0 aliphatic carbocycles. The van der Waals surface area contributed by atoms with E-state index in [1.165, 1.54) is 0 Å². The summed E-state index contributed by atoms with van der Waals surface area (Å²) in [6.07, 6.45) is 0.224. The highest BCUT2D eigenvalue weighted by Crippen LogP contribution is 2.15. The summed E-state index contributed by atoms with van der Waals surface area (Å²) in [6.45, 7) is 4.78. The second kappa shape index (κ2) is 7.49. The predicted octanol–water partition coefficient (Wildman–Crippen LogP) is 1.33. The van der Waals surface area contributed by atoms with Crippen molar-refractivity contribution in [2.45, 2.75) is 33.4 Å². The van der Waals surface area contributed by atoms with Gasteiger partial charge in [-0.2, -0.15) is 9.50 Å². The number of carbonyl (C=O) groups is 1. The molecule has 8 nitrogen and oxygen atoms in total. The Morgan fingerprint density at radius 2 is 1.88 bits per heavy atom. The van der Waals surface area contributed by atoms with E-state index in [4.69, 9.17) is 10.5 Å². The molecule has 0 unspecified atom stereocenters. The average molecular weight is 354 g/mol. The zero-order chi connectivity index (χ0) is 18.7. The molecular weight excluding hydrogens is 332 g/mol. The number of carbonyl (C=O) groups excluding carboxylic acids is 1. The van der Waals surface area contributed by atoms with Gasteiger partial charge in [-0.15, -0.1) is 5.10 Å². The van der Waals surface area contributed by atoms with Crippen LogP contribution in [-0.4, -0.2) is 32.6 Å². The molecule has 3 rings (SSSR count). The van der Waals surface area contributed by atoms with Gasteiger partial charge in [0, 0.05) is 30.6 Å². The number of methoxy groups -OCH3 is 1. The number of amides is 1. The summed E-state index contributed by atoms with van der Waals surface area (Å²) < 4.78 is 6.66. The lowest BCUT2D eigenvalue weighted by Gasteiger charge is -2.11. The fraction of sp³-hybridized carbons (Fsp3) is 0.333. The number of ether oxygens (including phenoxy) is 1. The molecule has 1 aromatic carbocycles. The van der Waals surface area contributed by atoms with Crippen molar-refractivity contribution in [2.75, 3.05) is 12.8 Å². The van der Waals surface area contributed by atoms with E-state index in [0.29, 0.717) is 18.9 Å². The fourth-order valence-electron chi connectivity index (χ4n) is 2.82. The molecule has 0 aliphatic heterocycles. The Bertz CT molecular complexity index is 933. The molecule has 0 saturated heterocycles. The zero-order valence-electron chi connectivity index (χ0n) is 15.1. The molecule has 0 fully saturated rings. The third-order valence-corrected chi connectivity index (χ3v) is 4.23. The van der Waals surface area contributed by atoms with E-state index in [2.05, 4.69) is 20.4 Å². The van der Waals surface area contributed by atoms with Crippen LogP contribution in [0.5, 0.6) is 0 Å². The Hall–Kier alpha value is -3.00. The van der Waals surface area contributed by atoms with Gasteiger partial charge in [-0.05, 0) is 25.0 Å². The number of hydrogen-bond acceptors (Lipinski definition) is 6. The van der Waals surface area contributed by atoms with Gasteiger partial charge in [-0.3, -0.25) is 4.79 Å². The molecule has 0 bridgehead atoms. The van der Waals surface area contributed by atoms with Gasteiger partial charge in [0.1, 0.15) is 0 Å². The number of nitrogen functional groups attached to an aromatic ring is 1. The van der Waals surface area contributed by atoms with Crippen molar-refractivity contribution >= 4 is 17.6 Å². The lowest BCUT2D eigenvalue weighted by molar-refractivity contribution is -0.120. The largest absolute Gasteiger partial charge is 0.380 e. The molecular formula is C18H22N6O2. The standard InChI is InChI=1S/C18H22N6O2/c1-11-15(12(2)24-18(21-11)22-17(19)23-24)8-16(25)20-9-13-4-6-14(7-5-13)10-26-3/h4-7H,8-10H2,1-3H3,(H2,19,23)(H,20,25). The summed E-state index contributed by atoms with van der Waals surface area (Å²) >= 11 is 0. The Balaban J connectivity index is 1.67. The Morgan fingerprint density at radius 1 is 1.19 bits per heavy atom. The molecule has 1 amide bonds. The number of aromatic nitrogens is 4. The van der Waals surface area contributed by atoms with Crippen molar-refractivity contribution in [3.63, 3.8) is 0 Å². The van der Waals surface area contributed by atoms with E-state index < -0.39 is 0 Å². The van der Waals surface area contributed by atoms with Crippen LogP contribution >= 0.6 is 0 Å². The molecule has 2 heterocycles. The monoisotopic (exact) mass is 354 g/mol. The van der Waals surface area contributed by atoms with Gasteiger partial charge in [0.05, 0.1) is 13.0 Å². The summed E-state index contributed by atoms with van der Waals surface area (Å²) in [4.78, 5) is 20.8. The second-order valence-corrected chi connectivity index (χ2v) is 6.15. The number of nitrogens with zero attached hydrogens (tertiary/aromatic N) is 4. The number of nitrogens with two attached hydrogens (primary N) is 1. The Kier molecular flexibility index (Phi) is 5.13.